The summed E-state index contributed by atoms with van der Waals surface area (Å²) in [7, 11) is 0. The number of fused-ring (bicyclic) bond motifs is 2. The third-order valence-electron chi connectivity index (χ3n) is 5.08. The van der Waals surface area contributed by atoms with Gasteiger partial charge in [-0.1, -0.05) is 55.0 Å². The predicted octanol–water partition coefficient (Wildman–Crippen LogP) is 5.24. The Morgan fingerprint density at radius 1 is 1.39 bits per heavy atom. The molecule has 2 aliphatic rings. The van der Waals surface area contributed by atoms with Gasteiger partial charge in [-0.15, -0.1) is 0 Å². The molecule has 23 heavy (non-hydrogen) atoms. The standard InChI is InChI=1S/C19H25BrN2S/c1-11(2)7-12(3)8-15-9-14-5-6-16(20)10-17(14)19(15)21-13(4)18(23)22-19/h5-6,10-12,15H,7-9H2,1-4H3,(H,22,23). The van der Waals surface area contributed by atoms with Crippen LogP contribution in [0.15, 0.2) is 27.7 Å². The molecule has 1 N–H and O–H groups in total. The zero-order valence-electron chi connectivity index (χ0n) is 14.3. The summed E-state index contributed by atoms with van der Waals surface area (Å²) in [6.45, 7) is 9.00. The van der Waals surface area contributed by atoms with E-state index in [1.165, 1.54) is 24.0 Å². The van der Waals surface area contributed by atoms with Crippen LogP contribution in [-0.4, -0.2) is 10.7 Å². The van der Waals surface area contributed by atoms with E-state index in [4.69, 9.17) is 17.2 Å². The Morgan fingerprint density at radius 2 is 2.13 bits per heavy atom. The van der Waals surface area contributed by atoms with Crippen LogP contribution in [0.2, 0.25) is 0 Å². The molecule has 0 bridgehead atoms. The molecule has 3 rings (SSSR count). The van der Waals surface area contributed by atoms with Crippen LogP contribution in [0.1, 0.15) is 51.7 Å². The molecule has 0 saturated heterocycles. The average Bonchev–Trinajstić information content (AvgIpc) is 2.89. The van der Waals surface area contributed by atoms with Crippen LogP contribution < -0.4 is 5.32 Å². The largest absolute Gasteiger partial charge is 0.347 e. The first kappa shape index (κ1) is 17.1. The van der Waals surface area contributed by atoms with Crippen molar-refractivity contribution < 1.29 is 0 Å². The molecule has 1 aromatic rings. The fourth-order valence-electron chi connectivity index (χ4n) is 4.28. The smallest absolute Gasteiger partial charge is 0.160 e. The molecule has 2 nitrogen and oxygen atoms in total. The van der Waals surface area contributed by atoms with Crippen LogP contribution in [-0.2, 0) is 12.1 Å². The molecule has 1 spiro atoms. The minimum Gasteiger partial charge on any atom is -0.347 e. The zero-order chi connectivity index (χ0) is 16.8. The molecule has 124 valence electrons. The third kappa shape index (κ3) is 3.12. The van der Waals surface area contributed by atoms with Crippen molar-refractivity contribution in [2.45, 2.75) is 52.6 Å². The fraction of sp³-hybridized carbons (Fsp3) is 0.579. The fourth-order valence-corrected chi connectivity index (χ4v) is 4.85. The van der Waals surface area contributed by atoms with Crippen LogP contribution in [0.3, 0.4) is 0 Å². The van der Waals surface area contributed by atoms with Gasteiger partial charge in [0, 0.05) is 16.0 Å². The maximum atomic E-state index is 5.50. The number of halogens is 1. The van der Waals surface area contributed by atoms with Gasteiger partial charge < -0.3 is 5.32 Å². The number of hydrogen-bond acceptors (Lipinski definition) is 2. The lowest BCUT2D eigenvalue weighted by Gasteiger charge is -2.32. The lowest BCUT2D eigenvalue weighted by Crippen LogP contribution is -2.43. The van der Waals surface area contributed by atoms with Gasteiger partial charge in [-0.2, -0.15) is 0 Å². The van der Waals surface area contributed by atoms with Gasteiger partial charge in [-0.25, -0.2) is 0 Å². The molecule has 1 aromatic carbocycles. The molecule has 1 aliphatic heterocycles. The molecular weight excluding hydrogens is 368 g/mol. The highest BCUT2D eigenvalue weighted by molar-refractivity contribution is 9.10. The second-order valence-electron chi connectivity index (χ2n) is 7.59. The van der Waals surface area contributed by atoms with Gasteiger partial charge in [0.15, 0.2) is 5.66 Å². The Hall–Kier alpha value is -0.740. The Bertz CT molecular complexity index is 667. The van der Waals surface area contributed by atoms with Crippen molar-refractivity contribution in [2.24, 2.45) is 22.7 Å². The molecule has 4 heteroatoms. The average molecular weight is 393 g/mol. The van der Waals surface area contributed by atoms with E-state index in [0.29, 0.717) is 11.8 Å². The van der Waals surface area contributed by atoms with Crippen molar-refractivity contribution in [3.63, 3.8) is 0 Å². The van der Waals surface area contributed by atoms with E-state index in [1.54, 1.807) is 0 Å². The number of benzene rings is 1. The van der Waals surface area contributed by atoms with Crippen molar-refractivity contribution in [1.82, 2.24) is 5.32 Å². The zero-order valence-corrected chi connectivity index (χ0v) is 16.7. The van der Waals surface area contributed by atoms with E-state index in [1.807, 2.05) is 6.92 Å². The first-order valence-corrected chi connectivity index (χ1v) is 9.70. The normalized spacial score (nSPS) is 27.3. The van der Waals surface area contributed by atoms with E-state index in [2.05, 4.69) is 60.2 Å². The molecule has 0 fully saturated rings. The van der Waals surface area contributed by atoms with E-state index >= 15 is 0 Å². The number of aliphatic imine (C=N–C) groups is 1. The first-order valence-electron chi connectivity index (χ1n) is 8.49. The SMILES string of the molecule is CC1=NC2(NC1=S)c1cc(Br)ccc1CC2CC(C)CC(C)C. The molecule has 0 aromatic heterocycles. The number of thiocarbonyl (C=S) groups is 1. The van der Waals surface area contributed by atoms with Crippen LogP contribution in [0.25, 0.3) is 0 Å². The summed E-state index contributed by atoms with van der Waals surface area (Å²) in [5.41, 5.74) is 3.33. The van der Waals surface area contributed by atoms with Gasteiger partial charge in [-0.05, 0) is 55.7 Å². The highest BCUT2D eigenvalue weighted by Gasteiger charge is 2.50. The van der Waals surface area contributed by atoms with Crippen molar-refractivity contribution in [1.29, 1.82) is 0 Å². The number of hydrogen-bond donors (Lipinski definition) is 1. The van der Waals surface area contributed by atoms with Crippen LogP contribution in [0.4, 0.5) is 0 Å². The Balaban J connectivity index is 1.97. The molecule has 0 amide bonds. The molecular formula is C19H25BrN2S. The quantitative estimate of drug-likeness (QED) is 0.708. The second-order valence-corrected chi connectivity index (χ2v) is 8.91. The second kappa shape index (κ2) is 6.29. The first-order chi connectivity index (χ1) is 10.8. The van der Waals surface area contributed by atoms with Crippen molar-refractivity contribution >= 4 is 38.8 Å². The van der Waals surface area contributed by atoms with Crippen LogP contribution >= 0.6 is 28.1 Å². The number of nitrogens with one attached hydrogen (secondary N) is 1. The molecule has 1 aliphatic carbocycles. The number of rotatable bonds is 4. The highest BCUT2D eigenvalue weighted by atomic mass is 79.9. The molecule has 0 saturated carbocycles. The van der Waals surface area contributed by atoms with E-state index in [-0.39, 0.29) is 5.66 Å². The summed E-state index contributed by atoms with van der Waals surface area (Å²) in [5, 5.41) is 3.58. The third-order valence-corrected chi connectivity index (χ3v) is 5.97. The molecule has 1 heterocycles. The van der Waals surface area contributed by atoms with Crippen LogP contribution in [0.5, 0.6) is 0 Å². The summed E-state index contributed by atoms with van der Waals surface area (Å²) in [6.07, 6.45) is 3.52. The van der Waals surface area contributed by atoms with Gasteiger partial charge in [-0.3, -0.25) is 4.99 Å². The maximum Gasteiger partial charge on any atom is 0.160 e. The van der Waals surface area contributed by atoms with Crippen molar-refractivity contribution in [2.75, 3.05) is 0 Å². The number of nitrogens with zero attached hydrogens (tertiary/aromatic N) is 1. The molecule has 3 atom stereocenters. The van der Waals surface area contributed by atoms with Crippen LogP contribution in [0, 0.1) is 17.8 Å². The van der Waals surface area contributed by atoms with Gasteiger partial charge in [0.25, 0.3) is 0 Å². The van der Waals surface area contributed by atoms with Crippen molar-refractivity contribution in [3.05, 3.63) is 33.8 Å². The Kier molecular flexibility index (Phi) is 4.67. The van der Waals surface area contributed by atoms with E-state index < -0.39 is 0 Å². The highest BCUT2D eigenvalue weighted by Crippen LogP contribution is 2.48. The minimum atomic E-state index is -0.342. The summed E-state index contributed by atoms with van der Waals surface area (Å²) in [5.74, 6) is 1.90. The maximum absolute atomic E-state index is 5.50. The Labute approximate surface area is 153 Å². The van der Waals surface area contributed by atoms with Crippen molar-refractivity contribution in [3.8, 4) is 0 Å². The molecule has 3 unspecified atom stereocenters. The van der Waals surface area contributed by atoms with E-state index in [9.17, 15) is 0 Å². The Morgan fingerprint density at radius 3 is 2.74 bits per heavy atom. The van der Waals surface area contributed by atoms with Gasteiger partial charge in [0.05, 0.1) is 5.71 Å². The van der Waals surface area contributed by atoms with E-state index in [0.717, 1.165) is 27.5 Å². The summed E-state index contributed by atoms with van der Waals surface area (Å²) in [4.78, 5) is 5.85. The van der Waals surface area contributed by atoms with Gasteiger partial charge in [0.1, 0.15) is 4.99 Å². The van der Waals surface area contributed by atoms with Gasteiger partial charge in [0.2, 0.25) is 0 Å². The van der Waals surface area contributed by atoms with Gasteiger partial charge >= 0.3 is 0 Å². The summed E-state index contributed by atoms with van der Waals surface area (Å²) in [6, 6.07) is 6.60. The monoisotopic (exact) mass is 392 g/mol. The topological polar surface area (TPSA) is 24.4 Å². The summed E-state index contributed by atoms with van der Waals surface area (Å²) < 4.78 is 1.11. The minimum absolute atomic E-state index is 0.342. The lowest BCUT2D eigenvalue weighted by molar-refractivity contribution is 0.229. The lowest BCUT2D eigenvalue weighted by atomic mass is 9.83. The predicted molar refractivity (Wildman–Crippen MR) is 105 cm³/mol. The molecule has 0 radical (unpaired) electrons. The summed E-state index contributed by atoms with van der Waals surface area (Å²) >= 11 is 9.12.